The number of amides is 1. The van der Waals surface area contributed by atoms with E-state index in [1.54, 1.807) is 15.6 Å². The van der Waals surface area contributed by atoms with Gasteiger partial charge in [0.15, 0.2) is 0 Å². The molecular weight excluding hydrogens is 302 g/mol. The van der Waals surface area contributed by atoms with Gasteiger partial charge in [-0.2, -0.15) is 0 Å². The minimum absolute atomic E-state index is 0.0241. The molecule has 6 nitrogen and oxygen atoms in total. The van der Waals surface area contributed by atoms with E-state index in [9.17, 15) is 4.79 Å². The summed E-state index contributed by atoms with van der Waals surface area (Å²) < 4.78 is 1.69. The van der Waals surface area contributed by atoms with Crippen LogP contribution in [0.3, 0.4) is 0 Å². The van der Waals surface area contributed by atoms with E-state index in [-0.39, 0.29) is 5.91 Å². The zero-order valence-electron chi connectivity index (χ0n) is 13.7. The lowest BCUT2D eigenvalue weighted by Crippen LogP contribution is -2.36. The van der Waals surface area contributed by atoms with Gasteiger partial charge in [0.25, 0.3) is 5.91 Å². The van der Waals surface area contributed by atoms with Crippen LogP contribution in [-0.2, 0) is 13.5 Å². The van der Waals surface area contributed by atoms with Gasteiger partial charge in [-0.05, 0) is 30.2 Å². The Labute approximate surface area is 140 Å². The summed E-state index contributed by atoms with van der Waals surface area (Å²) in [4.78, 5) is 14.6. The second-order valence-corrected chi connectivity index (χ2v) is 5.73. The number of aromatic nitrogens is 3. The Balaban J connectivity index is 1.77. The Morgan fingerprint density at radius 3 is 2.71 bits per heavy atom. The molecule has 124 valence electrons. The van der Waals surface area contributed by atoms with Crippen LogP contribution in [-0.4, -0.2) is 45.4 Å². The molecule has 2 N–H and O–H groups in total. The molecule has 0 bridgehead atoms. The SMILES string of the molecule is Cn1nnc2cc(C(=O)N(CCN)CCc3ccccc3)ccc21. The van der Waals surface area contributed by atoms with Gasteiger partial charge in [-0.15, -0.1) is 5.10 Å². The van der Waals surface area contributed by atoms with Crippen LogP contribution in [0.2, 0.25) is 0 Å². The van der Waals surface area contributed by atoms with Crippen molar-refractivity contribution in [3.63, 3.8) is 0 Å². The van der Waals surface area contributed by atoms with E-state index in [2.05, 4.69) is 22.4 Å². The van der Waals surface area contributed by atoms with Gasteiger partial charge >= 0.3 is 0 Å². The van der Waals surface area contributed by atoms with Gasteiger partial charge < -0.3 is 10.6 Å². The summed E-state index contributed by atoms with van der Waals surface area (Å²) in [6, 6.07) is 15.6. The van der Waals surface area contributed by atoms with Crippen LogP contribution in [0.5, 0.6) is 0 Å². The van der Waals surface area contributed by atoms with Crippen LogP contribution in [0.4, 0.5) is 0 Å². The van der Waals surface area contributed by atoms with Crippen molar-refractivity contribution in [2.45, 2.75) is 6.42 Å². The highest BCUT2D eigenvalue weighted by Crippen LogP contribution is 2.14. The molecule has 24 heavy (non-hydrogen) atoms. The Hall–Kier alpha value is -2.73. The molecule has 2 aromatic carbocycles. The molecule has 0 atom stereocenters. The minimum atomic E-state index is -0.0241. The quantitative estimate of drug-likeness (QED) is 0.748. The van der Waals surface area contributed by atoms with Crippen molar-refractivity contribution in [3.05, 3.63) is 59.7 Å². The third kappa shape index (κ3) is 3.44. The zero-order valence-corrected chi connectivity index (χ0v) is 13.7. The van der Waals surface area contributed by atoms with E-state index in [1.165, 1.54) is 5.56 Å². The van der Waals surface area contributed by atoms with Gasteiger partial charge in [0.1, 0.15) is 5.52 Å². The van der Waals surface area contributed by atoms with Crippen molar-refractivity contribution in [2.75, 3.05) is 19.6 Å². The Morgan fingerprint density at radius 1 is 1.17 bits per heavy atom. The second kappa shape index (κ2) is 7.23. The maximum atomic E-state index is 12.8. The highest BCUT2D eigenvalue weighted by molar-refractivity contribution is 5.97. The molecule has 3 rings (SSSR count). The van der Waals surface area contributed by atoms with Crippen molar-refractivity contribution in [2.24, 2.45) is 12.8 Å². The lowest BCUT2D eigenvalue weighted by molar-refractivity contribution is 0.0762. The second-order valence-electron chi connectivity index (χ2n) is 5.73. The minimum Gasteiger partial charge on any atom is -0.337 e. The predicted molar refractivity (Wildman–Crippen MR) is 93.6 cm³/mol. The molecule has 0 fully saturated rings. The van der Waals surface area contributed by atoms with Crippen molar-refractivity contribution in [1.29, 1.82) is 0 Å². The highest BCUT2D eigenvalue weighted by atomic mass is 16.2. The number of hydrogen-bond donors (Lipinski definition) is 1. The first-order valence-electron chi connectivity index (χ1n) is 8.02. The van der Waals surface area contributed by atoms with Crippen LogP contribution in [0.25, 0.3) is 11.0 Å². The standard InChI is InChI=1S/C18H21N5O/c1-22-17-8-7-15(13-16(17)20-21-22)18(24)23(12-10-19)11-9-14-5-3-2-4-6-14/h2-8,13H,9-12,19H2,1H3. The maximum Gasteiger partial charge on any atom is 0.253 e. The summed E-state index contributed by atoms with van der Waals surface area (Å²) in [6.07, 6.45) is 0.806. The molecule has 1 amide bonds. The first-order valence-corrected chi connectivity index (χ1v) is 8.02. The van der Waals surface area contributed by atoms with E-state index in [1.807, 2.05) is 37.4 Å². The van der Waals surface area contributed by atoms with E-state index >= 15 is 0 Å². The van der Waals surface area contributed by atoms with E-state index in [4.69, 9.17) is 5.73 Å². The van der Waals surface area contributed by atoms with Crippen molar-refractivity contribution >= 4 is 16.9 Å². The molecule has 0 unspecified atom stereocenters. The van der Waals surface area contributed by atoms with Gasteiger partial charge in [0, 0.05) is 32.2 Å². The average molecular weight is 323 g/mol. The molecule has 1 heterocycles. The van der Waals surface area contributed by atoms with Gasteiger partial charge in [0.05, 0.1) is 5.52 Å². The van der Waals surface area contributed by atoms with Crippen LogP contribution in [0, 0.1) is 0 Å². The smallest absolute Gasteiger partial charge is 0.253 e. The molecule has 1 aromatic heterocycles. The maximum absolute atomic E-state index is 12.8. The van der Waals surface area contributed by atoms with Crippen molar-refractivity contribution < 1.29 is 4.79 Å². The molecule has 6 heteroatoms. The summed E-state index contributed by atoms with van der Waals surface area (Å²) >= 11 is 0. The Bertz CT molecular complexity index is 828. The van der Waals surface area contributed by atoms with Gasteiger partial charge in [-0.3, -0.25) is 4.79 Å². The fourth-order valence-corrected chi connectivity index (χ4v) is 2.74. The highest BCUT2D eigenvalue weighted by Gasteiger charge is 2.16. The Kier molecular flexibility index (Phi) is 4.86. The molecule has 0 aliphatic rings. The predicted octanol–water partition coefficient (Wildman–Crippen LogP) is 1.61. The normalized spacial score (nSPS) is 10.9. The summed E-state index contributed by atoms with van der Waals surface area (Å²) in [7, 11) is 1.83. The zero-order chi connectivity index (χ0) is 16.9. The largest absolute Gasteiger partial charge is 0.337 e. The fourth-order valence-electron chi connectivity index (χ4n) is 2.74. The number of benzene rings is 2. The lowest BCUT2D eigenvalue weighted by Gasteiger charge is -2.22. The fraction of sp³-hybridized carbons (Fsp3) is 0.278. The number of carbonyl (C=O) groups is 1. The van der Waals surface area contributed by atoms with E-state index < -0.39 is 0 Å². The number of hydrogen-bond acceptors (Lipinski definition) is 4. The van der Waals surface area contributed by atoms with Crippen LogP contribution < -0.4 is 5.73 Å². The molecule has 0 spiro atoms. The van der Waals surface area contributed by atoms with Gasteiger partial charge in [-0.25, -0.2) is 4.68 Å². The summed E-state index contributed by atoms with van der Waals surface area (Å²) in [6.45, 7) is 1.61. The molecule has 3 aromatic rings. The topological polar surface area (TPSA) is 77.0 Å². The lowest BCUT2D eigenvalue weighted by atomic mass is 10.1. The summed E-state index contributed by atoms with van der Waals surface area (Å²) in [5, 5.41) is 8.05. The molecular formula is C18H21N5O. The molecule has 0 saturated heterocycles. The van der Waals surface area contributed by atoms with E-state index in [0.717, 1.165) is 17.5 Å². The van der Waals surface area contributed by atoms with Crippen LogP contribution >= 0.6 is 0 Å². The van der Waals surface area contributed by atoms with Crippen LogP contribution in [0.1, 0.15) is 15.9 Å². The number of fused-ring (bicyclic) bond motifs is 1. The number of rotatable bonds is 6. The number of aryl methyl sites for hydroxylation is 1. The number of carbonyl (C=O) groups excluding carboxylic acids is 1. The number of nitrogens with zero attached hydrogens (tertiary/aromatic N) is 4. The molecule has 0 saturated carbocycles. The van der Waals surface area contributed by atoms with E-state index in [0.29, 0.717) is 25.2 Å². The van der Waals surface area contributed by atoms with Gasteiger partial charge in [-0.1, -0.05) is 35.5 Å². The first-order chi connectivity index (χ1) is 11.7. The average Bonchev–Trinajstić information content (AvgIpc) is 2.99. The third-order valence-electron chi connectivity index (χ3n) is 4.06. The molecule has 0 aliphatic heterocycles. The van der Waals surface area contributed by atoms with Crippen LogP contribution in [0.15, 0.2) is 48.5 Å². The van der Waals surface area contributed by atoms with Crippen molar-refractivity contribution in [1.82, 2.24) is 19.9 Å². The Morgan fingerprint density at radius 2 is 1.96 bits per heavy atom. The van der Waals surface area contributed by atoms with Crippen molar-refractivity contribution in [3.8, 4) is 0 Å². The summed E-state index contributed by atoms with van der Waals surface area (Å²) in [5.74, 6) is -0.0241. The molecule has 0 radical (unpaired) electrons. The number of nitrogens with two attached hydrogens (primary N) is 1. The third-order valence-corrected chi connectivity index (χ3v) is 4.06. The summed E-state index contributed by atoms with van der Waals surface area (Å²) in [5.41, 5.74) is 9.13. The first kappa shape index (κ1) is 16.1. The monoisotopic (exact) mass is 323 g/mol. The van der Waals surface area contributed by atoms with Gasteiger partial charge in [0.2, 0.25) is 0 Å². The molecule has 0 aliphatic carbocycles.